The quantitative estimate of drug-likeness (QED) is 0.730. The van der Waals surface area contributed by atoms with Crippen LogP contribution in [0.25, 0.3) is 5.82 Å². The lowest BCUT2D eigenvalue weighted by atomic mass is 10.0. The van der Waals surface area contributed by atoms with Crippen LogP contribution in [0, 0.1) is 0 Å². The van der Waals surface area contributed by atoms with E-state index in [1.807, 2.05) is 60.5 Å². The van der Waals surface area contributed by atoms with Crippen molar-refractivity contribution in [1.82, 2.24) is 19.4 Å². The summed E-state index contributed by atoms with van der Waals surface area (Å²) in [6.07, 6.45) is 6.83. The number of morpholine rings is 1. The van der Waals surface area contributed by atoms with Crippen molar-refractivity contribution in [2.45, 2.75) is 19.1 Å². The van der Waals surface area contributed by atoms with Crippen molar-refractivity contribution in [3.8, 4) is 5.82 Å². The number of aromatic nitrogens is 3. The Bertz CT molecular complexity index is 863. The predicted molar refractivity (Wildman–Crippen MR) is 97.0 cm³/mol. The molecule has 0 aliphatic carbocycles. The van der Waals surface area contributed by atoms with Crippen molar-refractivity contribution in [3.05, 3.63) is 78.5 Å². The normalized spacial score (nSPS) is 20.1. The van der Waals surface area contributed by atoms with Crippen LogP contribution in [0.5, 0.6) is 0 Å². The maximum absolute atomic E-state index is 13.1. The van der Waals surface area contributed by atoms with Crippen molar-refractivity contribution in [1.29, 1.82) is 0 Å². The molecule has 0 bridgehead atoms. The Morgan fingerprint density at radius 3 is 2.73 bits per heavy atom. The van der Waals surface area contributed by atoms with Gasteiger partial charge in [0.1, 0.15) is 12.1 Å². The number of rotatable bonds is 3. The summed E-state index contributed by atoms with van der Waals surface area (Å²) in [6, 6.07) is 13.6. The van der Waals surface area contributed by atoms with E-state index in [9.17, 15) is 4.79 Å². The number of imidazole rings is 1. The SMILES string of the molecule is CC1CN(C(=O)c2ccc(-n3ccnc3)nc2)C(c2ccccc2)CO1. The predicted octanol–water partition coefficient (Wildman–Crippen LogP) is 2.87. The number of nitrogens with zero attached hydrogens (tertiary/aromatic N) is 4. The van der Waals surface area contributed by atoms with Crippen molar-refractivity contribution in [2.75, 3.05) is 13.2 Å². The largest absolute Gasteiger partial charge is 0.374 e. The number of hydrogen-bond donors (Lipinski definition) is 0. The number of pyridine rings is 1. The summed E-state index contributed by atoms with van der Waals surface area (Å²) < 4.78 is 7.61. The third-order valence-corrected chi connectivity index (χ3v) is 4.58. The molecule has 1 aliphatic rings. The summed E-state index contributed by atoms with van der Waals surface area (Å²) in [5, 5.41) is 0. The van der Waals surface area contributed by atoms with Gasteiger partial charge in [0.25, 0.3) is 5.91 Å². The number of carbonyl (C=O) groups is 1. The summed E-state index contributed by atoms with van der Waals surface area (Å²) in [6.45, 7) is 3.04. The van der Waals surface area contributed by atoms with Gasteiger partial charge in [-0.25, -0.2) is 9.97 Å². The Balaban J connectivity index is 1.60. The van der Waals surface area contributed by atoms with Crippen molar-refractivity contribution in [2.24, 2.45) is 0 Å². The summed E-state index contributed by atoms with van der Waals surface area (Å²) in [7, 11) is 0. The molecule has 2 aromatic heterocycles. The summed E-state index contributed by atoms with van der Waals surface area (Å²) in [4.78, 5) is 23.4. The molecule has 1 aliphatic heterocycles. The summed E-state index contributed by atoms with van der Waals surface area (Å²) in [5.41, 5.74) is 1.65. The Morgan fingerprint density at radius 2 is 2.04 bits per heavy atom. The molecule has 3 heterocycles. The van der Waals surface area contributed by atoms with Crippen LogP contribution in [0.3, 0.4) is 0 Å². The molecule has 1 aromatic carbocycles. The lowest BCUT2D eigenvalue weighted by molar-refractivity contribution is -0.0447. The van der Waals surface area contributed by atoms with Gasteiger partial charge in [-0.2, -0.15) is 0 Å². The fourth-order valence-electron chi connectivity index (χ4n) is 3.20. The molecule has 1 fully saturated rings. The van der Waals surface area contributed by atoms with Gasteiger partial charge in [-0.05, 0) is 24.6 Å². The Morgan fingerprint density at radius 1 is 1.19 bits per heavy atom. The van der Waals surface area contributed by atoms with Crippen LogP contribution in [0.1, 0.15) is 28.9 Å². The highest BCUT2D eigenvalue weighted by Crippen LogP contribution is 2.27. The van der Waals surface area contributed by atoms with E-state index in [0.717, 1.165) is 11.4 Å². The van der Waals surface area contributed by atoms with Crippen LogP contribution < -0.4 is 0 Å². The minimum absolute atomic E-state index is 0.0112. The highest BCUT2D eigenvalue weighted by molar-refractivity contribution is 5.94. The maximum atomic E-state index is 13.1. The fraction of sp³-hybridized carbons (Fsp3) is 0.250. The van der Waals surface area contributed by atoms with Crippen LogP contribution in [-0.4, -0.2) is 44.6 Å². The van der Waals surface area contributed by atoms with Crippen LogP contribution in [0.2, 0.25) is 0 Å². The minimum Gasteiger partial charge on any atom is -0.374 e. The second-order valence-corrected chi connectivity index (χ2v) is 6.40. The fourth-order valence-corrected chi connectivity index (χ4v) is 3.20. The standard InChI is InChI=1S/C20H20N4O2/c1-15-12-24(18(13-26-15)16-5-3-2-4-6-16)20(25)17-7-8-19(22-11-17)23-10-9-21-14-23/h2-11,14-15,18H,12-13H2,1H3. The average molecular weight is 348 g/mol. The van der Waals surface area contributed by atoms with Crippen LogP contribution in [-0.2, 0) is 4.74 Å². The van der Waals surface area contributed by atoms with Crippen molar-refractivity contribution >= 4 is 5.91 Å². The zero-order valence-electron chi connectivity index (χ0n) is 14.5. The molecule has 0 N–H and O–H groups in total. The van der Waals surface area contributed by atoms with E-state index in [0.29, 0.717) is 18.7 Å². The van der Waals surface area contributed by atoms with Gasteiger partial charge in [0, 0.05) is 25.1 Å². The van der Waals surface area contributed by atoms with Gasteiger partial charge in [0.15, 0.2) is 0 Å². The number of amides is 1. The molecule has 0 radical (unpaired) electrons. The van der Waals surface area contributed by atoms with E-state index >= 15 is 0 Å². The zero-order valence-corrected chi connectivity index (χ0v) is 14.5. The number of hydrogen-bond acceptors (Lipinski definition) is 4. The summed E-state index contributed by atoms with van der Waals surface area (Å²) >= 11 is 0. The van der Waals surface area contributed by atoms with Gasteiger partial charge >= 0.3 is 0 Å². The first-order chi connectivity index (χ1) is 12.7. The Hall–Kier alpha value is -2.99. The van der Waals surface area contributed by atoms with Gasteiger partial charge in [-0.15, -0.1) is 0 Å². The number of carbonyl (C=O) groups excluding carboxylic acids is 1. The lowest BCUT2D eigenvalue weighted by Crippen LogP contribution is -2.46. The van der Waals surface area contributed by atoms with E-state index in [-0.39, 0.29) is 18.1 Å². The molecule has 2 unspecified atom stereocenters. The molecule has 4 rings (SSSR count). The second-order valence-electron chi connectivity index (χ2n) is 6.40. The average Bonchev–Trinajstić information content (AvgIpc) is 3.23. The van der Waals surface area contributed by atoms with E-state index in [2.05, 4.69) is 9.97 Å². The number of benzene rings is 1. The lowest BCUT2D eigenvalue weighted by Gasteiger charge is -2.39. The van der Waals surface area contributed by atoms with Crippen molar-refractivity contribution in [3.63, 3.8) is 0 Å². The van der Waals surface area contributed by atoms with E-state index in [1.165, 1.54) is 0 Å². The molecule has 3 aromatic rings. The molecular formula is C20H20N4O2. The van der Waals surface area contributed by atoms with Crippen LogP contribution in [0.4, 0.5) is 0 Å². The smallest absolute Gasteiger partial charge is 0.256 e. The minimum atomic E-state index is -0.0896. The summed E-state index contributed by atoms with van der Waals surface area (Å²) in [5.74, 6) is 0.702. The third kappa shape index (κ3) is 3.23. The van der Waals surface area contributed by atoms with Crippen molar-refractivity contribution < 1.29 is 9.53 Å². The molecule has 0 saturated carbocycles. The third-order valence-electron chi connectivity index (χ3n) is 4.58. The molecule has 1 amide bonds. The zero-order chi connectivity index (χ0) is 17.9. The van der Waals surface area contributed by atoms with E-state index in [4.69, 9.17) is 4.74 Å². The highest BCUT2D eigenvalue weighted by atomic mass is 16.5. The van der Waals surface area contributed by atoms with Gasteiger partial charge in [-0.3, -0.25) is 9.36 Å². The molecule has 0 spiro atoms. The van der Waals surface area contributed by atoms with Crippen LogP contribution >= 0.6 is 0 Å². The van der Waals surface area contributed by atoms with E-state index < -0.39 is 0 Å². The number of ether oxygens (including phenoxy) is 1. The van der Waals surface area contributed by atoms with Gasteiger partial charge in [-0.1, -0.05) is 30.3 Å². The Labute approximate surface area is 152 Å². The molecule has 1 saturated heterocycles. The monoisotopic (exact) mass is 348 g/mol. The second kappa shape index (κ2) is 7.09. The molecule has 132 valence electrons. The topological polar surface area (TPSA) is 60.2 Å². The van der Waals surface area contributed by atoms with Crippen LogP contribution in [0.15, 0.2) is 67.4 Å². The van der Waals surface area contributed by atoms with Gasteiger partial charge in [0.05, 0.1) is 24.3 Å². The first-order valence-electron chi connectivity index (χ1n) is 8.64. The molecule has 26 heavy (non-hydrogen) atoms. The van der Waals surface area contributed by atoms with E-state index in [1.54, 1.807) is 23.3 Å². The first kappa shape index (κ1) is 16.5. The first-order valence-corrected chi connectivity index (χ1v) is 8.64. The molecule has 6 heteroatoms. The van der Waals surface area contributed by atoms with Gasteiger partial charge < -0.3 is 9.64 Å². The highest BCUT2D eigenvalue weighted by Gasteiger charge is 2.32. The Kier molecular flexibility index (Phi) is 4.50. The maximum Gasteiger partial charge on any atom is 0.256 e. The molecular weight excluding hydrogens is 328 g/mol. The van der Waals surface area contributed by atoms with Gasteiger partial charge in [0.2, 0.25) is 0 Å². The molecule has 6 nitrogen and oxygen atoms in total. The molecule has 2 atom stereocenters.